The van der Waals surface area contributed by atoms with Crippen molar-refractivity contribution in [3.05, 3.63) is 47.3 Å². The van der Waals surface area contributed by atoms with Crippen LogP contribution in [0.25, 0.3) is 0 Å². The van der Waals surface area contributed by atoms with Crippen molar-refractivity contribution in [3.8, 4) is 0 Å². The number of benzene rings is 1. The van der Waals surface area contributed by atoms with Crippen molar-refractivity contribution in [3.63, 3.8) is 0 Å². The molecule has 0 fully saturated rings. The first-order chi connectivity index (χ1) is 12.0. The normalized spacial score (nSPS) is 16.2. The van der Waals surface area contributed by atoms with Crippen LogP contribution in [0.4, 0.5) is 5.69 Å². The Hall–Kier alpha value is -2.63. The standard InChI is InChI=1S/C19H23N3O3/c1-5-21-10-15(17(20-21)12(2)3)18(23)22-11-14(19(24)25-4)13-8-6-7-9-16(13)22/h6-10,12,14H,5,11H2,1-4H3. The highest BCUT2D eigenvalue weighted by Gasteiger charge is 2.38. The first-order valence-electron chi connectivity index (χ1n) is 8.53. The van der Waals surface area contributed by atoms with Crippen LogP contribution in [0.15, 0.2) is 30.5 Å². The minimum Gasteiger partial charge on any atom is -0.468 e. The van der Waals surface area contributed by atoms with Gasteiger partial charge in [0.15, 0.2) is 0 Å². The van der Waals surface area contributed by atoms with Crippen LogP contribution in [-0.2, 0) is 16.1 Å². The molecule has 0 saturated heterocycles. The lowest BCUT2D eigenvalue weighted by molar-refractivity contribution is -0.141. The average molecular weight is 341 g/mol. The maximum Gasteiger partial charge on any atom is 0.315 e. The second-order valence-corrected chi connectivity index (χ2v) is 6.49. The Bertz CT molecular complexity index is 810. The smallest absolute Gasteiger partial charge is 0.315 e. The molecular weight excluding hydrogens is 318 g/mol. The fraction of sp³-hybridized carbons (Fsp3) is 0.421. The number of para-hydroxylation sites is 1. The topological polar surface area (TPSA) is 64.4 Å². The molecule has 2 aromatic rings. The molecular formula is C19H23N3O3. The van der Waals surface area contributed by atoms with E-state index in [1.165, 1.54) is 7.11 Å². The van der Waals surface area contributed by atoms with Crippen LogP contribution in [0.3, 0.4) is 0 Å². The van der Waals surface area contributed by atoms with Gasteiger partial charge in [0.1, 0.15) is 5.92 Å². The SMILES string of the molecule is CCn1cc(C(=O)N2CC(C(=O)OC)c3ccccc32)c(C(C)C)n1. The van der Waals surface area contributed by atoms with Gasteiger partial charge in [-0.2, -0.15) is 5.10 Å². The Kier molecular flexibility index (Phi) is 4.61. The largest absolute Gasteiger partial charge is 0.468 e. The Morgan fingerprint density at radius 1 is 1.32 bits per heavy atom. The molecule has 1 aromatic carbocycles. The van der Waals surface area contributed by atoms with E-state index in [0.29, 0.717) is 18.7 Å². The van der Waals surface area contributed by atoms with E-state index in [9.17, 15) is 9.59 Å². The molecule has 6 heteroatoms. The summed E-state index contributed by atoms with van der Waals surface area (Å²) in [5.74, 6) is -0.756. The Morgan fingerprint density at radius 2 is 2.04 bits per heavy atom. The molecule has 1 aromatic heterocycles. The molecule has 1 amide bonds. The highest BCUT2D eigenvalue weighted by molar-refractivity contribution is 6.09. The number of aryl methyl sites for hydroxylation is 1. The number of hydrogen-bond acceptors (Lipinski definition) is 4. The van der Waals surface area contributed by atoms with E-state index >= 15 is 0 Å². The summed E-state index contributed by atoms with van der Waals surface area (Å²) in [5, 5.41) is 4.52. The number of nitrogens with zero attached hydrogens (tertiary/aromatic N) is 3. The average Bonchev–Trinajstić information content (AvgIpc) is 3.22. The van der Waals surface area contributed by atoms with E-state index in [2.05, 4.69) is 5.10 Å². The van der Waals surface area contributed by atoms with Crippen molar-refractivity contribution < 1.29 is 14.3 Å². The van der Waals surface area contributed by atoms with Crippen LogP contribution in [0.2, 0.25) is 0 Å². The van der Waals surface area contributed by atoms with Gasteiger partial charge < -0.3 is 9.64 Å². The Morgan fingerprint density at radius 3 is 2.68 bits per heavy atom. The molecule has 0 saturated carbocycles. The molecule has 0 aliphatic carbocycles. The van der Waals surface area contributed by atoms with Crippen molar-refractivity contribution in [2.24, 2.45) is 0 Å². The summed E-state index contributed by atoms with van der Waals surface area (Å²) >= 11 is 0. The van der Waals surface area contributed by atoms with Crippen LogP contribution in [0, 0.1) is 0 Å². The number of anilines is 1. The summed E-state index contributed by atoms with van der Waals surface area (Å²) in [4.78, 5) is 27.0. The van der Waals surface area contributed by atoms with Crippen molar-refractivity contribution in [1.29, 1.82) is 0 Å². The van der Waals surface area contributed by atoms with Gasteiger partial charge in [0.05, 0.1) is 18.4 Å². The quantitative estimate of drug-likeness (QED) is 0.802. The van der Waals surface area contributed by atoms with E-state index in [-0.39, 0.29) is 17.8 Å². The van der Waals surface area contributed by atoms with Gasteiger partial charge in [-0.1, -0.05) is 32.0 Å². The van der Waals surface area contributed by atoms with Gasteiger partial charge in [0.2, 0.25) is 0 Å². The van der Waals surface area contributed by atoms with Gasteiger partial charge in [-0.15, -0.1) is 0 Å². The summed E-state index contributed by atoms with van der Waals surface area (Å²) < 4.78 is 6.69. The molecule has 0 radical (unpaired) electrons. The number of esters is 1. The molecule has 1 aliphatic rings. The highest BCUT2D eigenvalue weighted by atomic mass is 16.5. The monoisotopic (exact) mass is 341 g/mol. The molecule has 1 unspecified atom stereocenters. The van der Waals surface area contributed by atoms with Crippen molar-refractivity contribution in [2.75, 3.05) is 18.6 Å². The molecule has 3 rings (SSSR count). The number of methoxy groups -OCH3 is 1. The van der Waals surface area contributed by atoms with Gasteiger partial charge >= 0.3 is 5.97 Å². The van der Waals surface area contributed by atoms with E-state index in [1.807, 2.05) is 45.0 Å². The van der Waals surface area contributed by atoms with Crippen molar-refractivity contribution in [2.45, 2.75) is 39.2 Å². The second kappa shape index (κ2) is 6.70. The number of fused-ring (bicyclic) bond motifs is 1. The first-order valence-corrected chi connectivity index (χ1v) is 8.53. The van der Waals surface area contributed by atoms with Crippen LogP contribution in [0.1, 0.15) is 54.2 Å². The van der Waals surface area contributed by atoms with Gasteiger partial charge in [0.25, 0.3) is 5.91 Å². The van der Waals surface area contributed by atoms with Gasteiger partial charge in [0, 0.05) is 25.0 Å². The minimum absolute atomic E-state index is 0.123. The van der Waals surface area contributed by atoms with E-state index in [1.54, 1.807) is 15.8 Å². The molecule has 0 bridgehead atoms. The minimum atomic E-state index is -0.450. The summed E-state index contributed by atoms with van der Waals surface area (Å²) in [6.07, 6.45) is 1.80. The van der Waals surface area contributed by atoms with Crippen LogP contribution < -0.4 is 4.90 Å². The predicted octanol–water partition coefficient (Wildman–Crippen LogP) is 2.94. The van der Waals surface area contributed by atoms with Crippen molar-refractivity contribution >= 4 is 17.6 Å². The van der Waals surface area contributed by atoms with Gasteiger partial charge in [-0.3, -0.25) is 14.3 Å². The number of rotatable bonds is 4. The number of carbonyl (C=O) groups excluding carboxylic acids is 2. The van der Waals surface area contributed by atoms with Gasteiger partial charge in [-0.25, -0.2) is 0 Å². The number of ether oxygens (including phenoxy) is 1. The molecule has 25 heavy (non-hydrogen) atoms. The van der Waals surface area contributed by atoms with Crippen LogP contribution in [0.5, 0.6) is 0 Å². The predicted molar refractivity (Wildman–Crippen MR) is 94.9 cm³/mol. The number of hydrogen-bond donors (Lipinski definition) is 0. The summed E-state index contributed by atoms with van der Waals surface area (Å²) in [5.41, 5.74) is 2.97. The summed E-state index contributed by atoms with van der Waals surface area (Å²) in [6.45, 7) is 7.03. The second-order valence-electron chi connectivity index (χ2n) is 6.49. The molecule has 2 heterocycles. The maximum atomic E-state index is 13.2. The summed E-state index contributed by atoms with van der Waals surface area (Å²) in [7, 11) is 1.37. The maximum absolute atomic E-state index is 13.2. The fourth-order valence-corrected chi connectivity index (χ4v) is 3.28. The number of amides is 1. The fourth-order valence-electron chi connectivity index (χ4n) is 3.28. The Labute approximate surface area is 147 Å². The third-order valence-corrected chi connectivity index (χ3v) is 4.59. The van der Waals surface area contributed by atoms with Gasteiger partial charge in [-0.05, 0) is 24.5 Å². The van der Waals surface area contributed by atoms with Crippen LogP contribution >= 0.6 is 0 Å². The molecule has 6 nitrogen and oxygen atoms in total. The molecule has 0 N–H and O–H groups in total. The molecule has 132 valence electrons. The van der Waals surface area contributed by atoms with E-state index in [0.717, 1.165) is 16.9 Å². The lowest BCUT2D eigenvalue weighted by Gasteiger charge is -2.18. The zero-order valence-electron chi connectivity index (χ0n) is 15.0. The van der Waals surface area contributed by atoms with Crippen LogP contribution in [-0.4, -0.2) is 35.3 Å². The number of carbonyl (C=O) groups is 2. The number of aromatic nitrogens is 2. The summed E-state index contributed by atoms with van der Waals surface area (Å²) in [6, 6.07) is 7.49. The highest BCUT2D eigenvalue weighted by Crippen LogP contribution is 2.38. The molecule has 0 spiro atoms. The lowest BCUT2D eigenvalue weighted by Crippen LogP contribution is -2.32. The van der Waals surface area contributed by atoms with E-state index in [4.69, 9.17) is 4.74 Å². The molecule has 1 aliphatic heterocycles. The third kappa shape index (κ3) is 2.92. The third-order valence-electron chi connectivity index (χ3n) is 4.59. The van der Waals surface area contributed by atoms with E-state index < -0.39 is 5.92 Å². The zero-order chi connectivity index (χ0) is 18.1. The molecule has 1 atom stereocenters. The zero-order valence-corrected chi connectivity index (χ0v) is 15.0. The van der Waals surface area contributed by atoms with Crippen molar-refractivity contribution in [1.82, 2.24) is 9.78 Å². The first kappa shape index (κ1) is 17.2. The Balaban J connectivity index is 2.01. The lowest BCUT2D eigenvalue weighted by atomic mass is 10.0.